The van der Waals surface area contributed by atoms with Crippen molar-refractivity contribution in [2.24, 2.45) is 5.92 Å². The number of likely N-dealkylation sites (N-methyl/N-ethyl adjacent to an activating group) is 1. The molecule has 1 aliphatic carbocycles. The number of carbonyl (C=O) groups is 2. The van der Waals surface area contributed by atoms with Gasteiger partial charge in [-0.15, -0.1) is 0 Å². The van der Waals surface area contributed by atoms with Crippen LogP contribution in [0, 0.1) is 5.92 Å². The predicted molar refractivity (Wildman–Crippen MR) is 105 cm³/mol. The van der Waals surface area contributed by atoms with E-state index in [1.165, 1.54) is 12.8 Å². The van der Waals surface area contributed by atoms with Crippen molar-refractivity contribution in [2.75, 3.05) is 40.8 Å². The standard InChI is InChI=1S/C21H31N3O3/c1-23(2)21(10-4-5-11-21)15-22-19(25)17-9-12-24(14-17)20(26)16-7-6-8-18(13-16)27-3/h6-8,13,17H,4-5,9-12,14-15H2,1-3H3,(H,22,25)/t17-/m1/s1. The van der Waals surface area contributed by atoms with E-state index in [2.05, 4.69) is 24.3 Å². The maximum atomic E-state index is 12.7. The van der Waals surface area contributed by atoms with E-state index < -0.39 is 0 Å². The van der Waals surface area contributed by atoms with E-state index in [9.17, 15) is 9.59 Å². The second-order valence-corrected chi connectivity index (χ2v) is 8.01. The average molecular weight is 373 g/mol. The number of ether oxygens (including phenoxy) is 1. The fraction of sp³-hybridized carbons (Fsp3) is 0.619. The first-order valence-electron chi connectivity index (χ1n) is 9.84. The third kappa shape index (κ3) is 4.26. The van der Waals surface area contributed by atoms with Gasteiger partial charge in [-0.3, -0.25) is 9.59 Å². The minimum atomic E-state index is -0.125. The SMILES string of the molecule is COc1cccc(C(=O)N2CC[C@@H](C(=O)NCC3(N(C)C)CCCC3)C2)c1. The van der Waals surface area contributed by atoms with Gasteiger partial charge in [0.05, 0.1) is 13.0 Å². The van der Waals surface area contributed by atoms with Crippen LogP contribution in [0.5, 0.6) is 5.75 Å². The second-order valence-electron chi connectivity index (χ2n) is 8.01. The van der Waals surface area contributed by atoms with Gasteiger partial charge in [-0.05, 0) is 51.6 Å². The molecule has 0 spiro atoms. The van der Waals surface area contributed by atoms with Gasteiger partial charge in [0.15, 0.2) is 0 Å². The summed E-state index contributed by atoms with van der Waals surface area (Å²) in [6, 6.07) is 7.17. The van der Waals surface area contributed by atoms with E-state index in [0.29, 0.717) is 30.9 Å². The maximum Gasteiger partial charge on any atom is 0.254 e. The van der Waals surface area contributed by atoms with E-state index in [1.807, 2.05) is 12.1 Å². The van der Waals surface area contributed by atoms with Crippen molar-refractivity contribution >= 4 is 11.8 Å². The number of amides is 2. The molecule has 27 heavy (non-hydrogen) atoms. The van der Waals surface area contributed by atoms with Crippen LogP contribution in [-0.2, 0) is 4.79 Å². The minimum absolute atomic E-state index is 0.0373. The number of likely N-dealkylation sites (tertiary alicyclic amines) is 1. The molecule has 1 saturated heterocycles. The zero-order chi connectivity index (χ0) is 19.4. The normalized spacial score (nSPS) is 21.5. The number of hydrogen-bond acceptors (Lipinski definition) is 4. The highest BCUT2D eigenvalue weighted by Gasteiger charge is 2.38. The zero-order valence-corrected chi connectivity index (χ0v) is 16.7. The van der Waals surface area contributed by atoms with Gasteiger partial charge >= 0.3 is 0 Å². The summed E-state index contributed by atoms with van der Waals surface area (Å²) in [5, 5.41) is 3.17. The first-order valence-corrected chi connectivity index (χ1v) is 9.84. The van der Waals surface area contributed by atoms with Crippen LogP contribution in [0.25, 0.3) is 0 Å². The number of methoxy groups -OCH3 is 1. The third-order valence-corrected chi connectivity index (χ3v) is 6.24. The Morgan fingerprint density at radius 1 is 1.30 bits per heavy atom. The number of nitrogens with zero attached hydrogens (tertiary/aromatic N) is 2. The highest BCUT2D eigenvalue weighted by Crippen LogP contribution is 2.33. The van der Waals surface area contributed by atoms with E-state index >= 15 is 0 Å². The van der Waals surface area contributed by atoms with Crippen LogP contribution < -0.4 is 10.1 Å². The van der Waals surface area contributed by atoms with Crippen molar-refractivity contribution in [1.29, 1.82) is 0 Å². The molecule has 148 valence electrons. The maximum absolute atomic E-state index is 12.7. The van der Waals surface area contributed by atoms with Crippen LogP contribution in [0.4, 0.5) is 0 Å². The lowest BCUT2D eigenvalue weighted by Crippen LogP contribution is -2.51. The summed E-state index contributed by atoms with van der Waals surface area (Å²) in [6.45, 7) is 1.79. The monoisotopic (exact) mass is 373 g/mol. The van der Waals surface area contributed by atoms with Crippen LogP contribution in [-0.4, -0.2) is 68.0 Å². The molecule has 2 fully saturated rings. The van der Waals surface area contributed by atoms with Crippen LogP contribution in [0.1, 0.15) is 42.5 Å². The molecule has 0 radical (unpaired) electrons. The highest BCUT2D eigenvalue weighted by atomic mass is 16.5. The molecule has 1 heterocycles. The number of rotatable bonds is 6. The van der Waals surface area contributed by atoms with Crippen LogP contribution in [0.15, 0.2) is 24.3 Å². The fourth-order valence-corrected chi connectivity index (χ4v) is 4.31. The quantitative estimate of drug-likeness (QED) is 0.830. The molecular weight excluding hydrogens is 342 g/mol. The Hall–Kier alpha value is -2.08. The summed E-state index contributed by atoms with van der Waals surface area (Å²) in [5.74, 6) is 0.578. The van der Waals surface area contributed by atoms with Gasteiger partial charge in [0, 0.05) is 30.7 Å². The Bertz CT molecular complexity index is 683. The summed E-state index contributed by atoms with van der Waals surface area (Å²) < 4.78 is 5.20. The average Bonchev–Trinajstić information content (AvgIpc) is 3.36. The predicted octanol–water partition coefficient (Wildman–Crippen LogP) is 2.15. The Morgan fingerprint density at radius 3 is 2.70 bits per heavy atom. The molecule has 2 aliphatic rings. The fourth-order valence-electron chi connectivity index (χ4n) is 4.31. The Labute approximate surface area is 161 Å². The number of nitrogens with one attached hydrogen (secondary N) is 1. The molecule has 0 unspecified atom stereocenters. The van der Waals surface area contributed by atoms with Crippen molar-refractivity contribution in [3.05, 3.63) is 29.8 Å². The molecule has 1 aromatic carbocycles. The van der Waals surface area contributed by atoms with Crippen LogP contribution in [0.3, 0.4) is 0 Å². The van der Waals surface area contributed by atoms with Crippen molar-refractivity contribution in [2.45, 2.75) is 37.6 Å². The van der Waals surface area contributed by atoms with Gasteiger partial charge in [-0.1, -0.05) is 18.9 Å². The van der Waals surface area contributed by atoms with Gasteiger partial charge in [0.25, 0.3) is 5.91 Å². The molecule has 1 aliphatic heterocycles. The molecule has 1 N–H and O–H groups in total. The Balaban J connectivity index is 1.55. The first-order chi connectivity index (χ1) is 12.9. The smallest absolute Gasteiger partial charge is 0.254 e. The molecule has 0 bridgehead atoms. The number of benzene rings is 1. The lowest BCUT2D eigenvalue weighted by molar-refractivity contribution is -0.125. The van der Waals surface area contributed by atoms with Gasteiger partial charge < -0.3 is 19.9 Å². The summed E-state index contributed by atoms with van der Waals surface area (Å²) in [5.41, 5.74) is 0.692. The van der Waals surface area contributed by atoms with Crippen molar-refractivity contribution in [1.82, 2.24) is 15.1 Å². The largest absolute Gasteiger partial charge is 0.497 e. The summed E-state index contributed by atoms with van der Waals surface area (Å²) in [4.78, 5) is 29.4. The van der Waals surface area contributed by atoms with E-state index in [4.69, 9.17) is 4.74 Å². The Morgan fingerprint density at radius 2 is 2.04 bits per heavy atom. The van der Waals surface area contributed by atoms with Gasteiger partial charge in [0.2, 0.25) is 5.91 Å². The molecule has 6 nitrogen and oxygen atoms in total. The summed E-state index contributed by atoms with van der Waals surface area (Å²) in [7, 11) is 5.79. The van der Waals surface area contributed by atoms with Gasteiger partial charge in [-0.2, -0.15) is 0 Å². The van der Waals surface area contributed by atoms with Crippen LogP contribution >= 0.6 is 0 Å². The molecular formula is C21H31N3O3. The summed E-state index contributed by atoms with van der Waals surface area (Å²) >= 11 is 0. The topological polar surface area (TPSA) is 61.9 Å². The van der Waals surface area contributed by atoms with E-state index in [-0.39, 0.29) is 23.3 Å². The van der Waals surface area contributed by atoms with E-state index in [1.54, 1.807) is 24.1 Å². The lowest BCUT2D eigenvalue weighted by atomic mass is 9.95. The summed E-state index contributed by atoms with van der Waals surface area (Å²) in [6.07, 6.45) is 5.42. The second kappa shape index (κ2) is 8.30. The third-order valence-electron chi connectivity index (χ3n) is 6.24. The minimum Gasteiger partial charge on any atom is -0.497 e. The molecule has 1 aromatic rings. The Kier molecular flexibility index (Phi) is 6.05. The lowest BCUT2D eigenvalue weighted by Gasteiger charge is -2.36. The molecule has 2 amide bonds. The molecule has 6 heteroatoms. The van der Waals surface area contributed by atoms with Crippen molar-refractivity contribution in [3.63, 3.8) is 0 Å². The molecule has 3 rings (SSSR count). The van der Waals surface area contributed by atoms with Crippen LogP contribution in [0.2, 0.25) is 0 Å². The number of hydrogen-bond donors (Lipinski definition) is 1. The van der Waals surface area contributed by atoms with Gasteiger partial charge in [-0.25, -0.2) is 0 Å². The van der Waals surface area contributed by atoms with Gasteiger partial charge in [0.1, 0.15) is 5.75 Å². The van der Waals surface area contributed by atoms with Crippen molar-refractivity contribution in [3.8, 4) is 5.75 Å². The van der Waals surface area contributed by atoms with Crippen molar-refractivity contribution < 1.29 is 14.3 Å². The first kappa shape index (κ1) is 19.7. The molecule has 1 atom stereocenters. The van der Waals surface area contributed by atoms with E-state index in [0.717, 1.165) is 19.3 Å². The number of carbonyl (C=O) groups excluding carboxylic acids is 2. The highest BCUT2D eigenvalue weighted by molar-refractivity contribution is 5.95. The molecule has 1 saturated carbocycles. The zero-order valence-electron chi connectivity index (χ0n) is 16.7. The molecule has 0 aromatic heterocycles.